The fourth-order valence-corrected chi connectivity index (χ4v) is 5.04. The summed E-state index contributed by atoms with van der Waals surface area (Å²) in [5, 5.41) is 4.90. The number of nitrogens with zero attached hydrogens (tertiary/aromatic N) is 2. The Bertz CT molecular complexity index is 1050. The van der Waals surface area contributed by atoms with E-state index in [9.17, 15) is 9.59 Å². The Morgan fingerprint density at radius 1 is 1.24 bits per heavy atom. The number of fused-ring (bicyclic) bond motifs is 1. The van der Waals surface area contributed by atoms with E-state index in [2.05, 4.69) is 41.5 Å². The molecular weight excluding hydrogens is 402 g/mol. The van der Waals surface area contributed by atoms with Gasteiger partial charge in [0.15, 0.2) is 4.34 Å². The number of carbonyl (C=O) groups excluding carboxylic acids is 2. The summed E-state index contributed by atoms with van der Waals surface area (Å²) < 4.78 is 0.860. The number of carbonyl (C=O) groups is 2. The van der Waals surface area contributed by atoms with Gasteiger partial charge >= 0.3 is 0 Å². The minimum atomic E-state index is -0.203. The van der Waals surface area contributed by atoms with Gasteiger partial charge in [0.2, 0.25) is 11.8 Å². The number of hydrogen-bond acceptors (Lipinski definition) is 5. The van der Waals surface area contributed by atoms with E-state index in [0.717, 1.165) is 21.3 Å². The first-order valence-corrected chi connectivity index (χ1v) is 11.2. The molecule has 148 valence electrons. The second-order valence-electron chi connectivity index (χ2n) is 7.04. The summed E-state index contributed by atoms with van der Waals surface area (Å²) in [4.78, 5) is 31.6. The number of nitrogens with one attached hydrogen (secondary N) is 1. The van der Waals surface area contributed by atoms with Gasteiger partial charge in [-0.15, -0.1) is 11.3 Å². The highest BCUT2D eigenvalue weighted by Gasteiger charge is 2.29. The molecule has 0 saturated heterocycles. The van der Waals surface area contributed by atoms with Crippen molar-refractivity contribution < 1.29 is 9.59 Å². The predicted molar refractivity (Wildman–Crippen MR) is 120 cm³/mol. The van der Waals surface area contributed by atoms with Gasteiger partial charge in [-0.05, 0) is 26.0 Å². The standard InChI is InChI=1S/C22H21N3O2S2/c1-14-7-9-16(10-8-14)18-12-28-22(24-18)29-13-21(27)25-15(2)11-20(26)23-17-5-3-4-6-19(17)25/h3-10,12,15H,11,13H2,1-2H3,(H,23,26)/t15-/m1/s1. The van der Waals surface area contributed by atoms with Crippen LogP contribution in [0.1, 0.15) is 18.9 Å². The van der Waals surface area contributed by atoms with Crippen LogP contribution in [0.15, 0.2) is 58.3 Å². The SMILES string of the molecule is Cc1ccc(-c2csc(SCC(=O)N3c4ccccc4NC(=O)C[C@H]3C)n2)cc1. The zero-order valence-corrected chi connectivity index (χ0v) is 17.8. The molecule has 0 radical (unpaired) electrons. The van der Waals surface area contributed by atoms with Crippen molar-refractivity contribution in [1.29, 1.82) is 0 Å². The van der Waals surface area contributed by atoms with Crippen LogP contribution < -0.4 is 10.2 Å². The Labute approximate surface area is 178 Å². The highest BCUT2D eigenvalue weighted by molar-refractivity contribution is 8.01. The third kappa shape index (κ3) is 4.36. The number of rotatable bonds is 4. The van der Waals surface area contributed by atoms with Gasteiger partial charge < -0.3 is 10.2 Å². The van der Waals surface area contributed by atoms with Gasteiger partial charge in [0.05, 0.1) is 22.8 Å². The lowest BCUT2D eigenvalue weighted by Crippen LogP contribution is -2.40. The highest BCUT2D eigenvalue weighted by Crippen LogP contribution is 2.33. The molecule has 0 unspecified atom stereocenters. The van der Waals surface area contributed by atoms with E-state index in [1.54, 1.807) is 16.2 Å². The van der Waals surface area contributed by atoms with Crippen LogP contribution in [0, 0.1) is 6.92 Å². The second-order valence-corrected chi connectivity index (χ2v) is 9.12. The van der Waals surface area contributed by atoms with Crippen molar-refractivity contribution in [3.8, 4) is 11.3 Å². The molecule has 5 nitrogen and oxygen atoms in total. The van der Waals surface area contributed by atoms with Crippen LogP contribution >= 0.6 is 23.1 Å². The van der Waals surface area contributed by atoms with E-state index >= 15 is 0 Å². The zero-order valence-electron chi connectivity index (χ0n) is 16.2. The first kappa shape index (κ1) is 19.7. The van der Waals surface area contributed by atoms with Gasteiger partial charge in [-0.2, -0.15) is 0 Å². The molecule has 1 aliphatic heterocycles. The summed E-state index contributed by atoms with van der Waals surface area (Å²) in [6.07, 6.45) is 0.278. The lowest BCUT2D eigenvalue weighted by Gasteiger charge is -2.27. The topological polar surface area (TPSA) is 62.3 Å². The Kier molecular flexibility index (Phi) is 5.69. The van der Waals surface area contributed by atoms with Gasteiger partial charge in [-0.1, -0.05) is 53.7 Å². The molecule has 0 bridgehead atoms. The summed E-state index contributed by atoms with van der Waals surface area (Å²) in [5.41, 5.74) is 4.63. The van der Waals surface area contributed by atoms with Crippen LogP contribution in [0.3, 0.4) is 0 Å². The third-order valence-corrected chi connectivity index (χ3v) is 6.78. The molecule has 0 fully saturated rings. The summed E-state index contributed by atoms with van der Waals surface area (Å²) in [7, 11) is 0. The summed E-state index contributed by atoms with van der Waals surface area (Å²) in [5.74, 6) is 0.169. The fraction of sp³-hybridized carbons (Fsp3) is 0.227. The molecular formula is C22H21N3O2S2. The van der Waals surface area contributed by atoms with Gasteiger partial charge in [-0.25, -0.2) is 4.98 Å². The van der Waals surface area contributed by atoms with Gasteiger partial charge in [-0.3, -0.25) is 9.59 Å². The molecule has 1 aliphatic rings. The Balaban J connectivity index is 1.48. The highest BCUT2D eigenvalue weighted by atomic mass is 32.2. The Hall–Kier alpha value is -2.64. The van der Waals surface area contributed by atoms with E-state index in [4.69, 9.17) is 0 Å². The quantitative estimate of drug-likeness (QED) is 0.602. The maximum Gasteiger partial charge on any atom is 0.237 e. The summed E-state index contributed by atoms with van der Waals surface area (Å²) in [6.45, 7) is 3.96. The third-order valence-electron chi connectivity index (χ3n) is 4.78. The molecule has 3 aromatic rings. The van der Waals surface area contributed by atoms with Crippen LogP contribution in [0.25, 0.3) is 11.3 Å². The van der Waals surface area contributed by atoms with Crippen LogP contribution in [-0.4, -0.2) is 28.6 Å². The van der Waals surface area contributed by atoms with E-state index in [-0.39, 0.29) is 30.0 Å². The number of thiazole rings is 1. The number of amides is 2. The first-order chi connectivity index (χ1) is 14.0. The van der Waals surface area contributed by atoms with Crippen molar-refractivity contribution in [3.63, 3.8) is 0 Å². The molecule has 0 aliphatic carbocycles. The fourth-order valence-electron chi connectivity index (χ4n) is 3.34. The Morgan fingerprint density at radius 3 is 2.79 bits per heavy atom. The second kappa shape index (κ2) is 8.39. The van der Waals surface area contributed by atoms with Crippen molar-refractivity contribution in [1.82, 2.24) is 4.98 Å². The minimum absolute atomic E-state index is 0.0291. The molecule has 1 atom stereocenters. The largest absolute Gasteiger partial charge is 0.324 e. The molecule has 1 aromatic heterocycles. The van der Waals surface area contributed by atoms with Crippen molar-refractivity contribution in [2.24, 2.45) is 0 Å². The molecule has 2 heterocycles. The summed E-state index contributed by atoms with van der Waals surface area (Å²) >= 11 is 2.98. The molecule has 0 spiro atoms. The lowest BCUT2D eigenvalue weighted by atomic mass is 10.1. The molecule has 7 heteroatoms. The van der Waals surface area contributed by atoms with Gasteiger partial charge in [0.25, 0.3) is 0 Å². The molecule has 1 N–H and O–H groups in total. The van der Waals surface area contributed by atoms with Crippen molar-refractivity contribution in [2.45, 2.75) is 30.6 Å². The number of anilines is 2. The maximum atomic E-state index is 13.1. The van der Waals surface area contributed by atoms with E-state index < -0.39 is 0 Å². The zero-order chi connectivity index (χ0) is 20.4. The first-order valence-electron chi connectivity index (χ1n) is 9.37. The normalized spacial score (nSPS) is 16.1. The van der Waals surface area contributed by atoms with E-state index in [1.165, 1.54) is 17.3 Å². The predicted octanol–water partition coefficient (Wildman–Crippen LogP) is 4.97. The number of para-hydroxylation sites is 2. The number of aromatic nitrogens is 1. The Morgan fingerprint density at radius 2 is 2.00 bits per heavy atom. The van der Waals surface area contributed by atoms with Crippen LogP contribution in [0.4, 0.5) is 11.4 Å². The number of hydrogen-bond donors (Lipinski definition) is 1. The van der Waals surface area contributed by atoms with E-state index in [0.29, 0.717) is 5.69 Å². The maximum absolute atomic E-state index is 13.1. The number of aryl methyl sites for hydroxylation is 1. The van der Waals surface area contributed by atoms with Crippen molar-refractivity contribution in [2.75, 3.05) is 16.0 Å². The monoisotopic (exact) mass is 423 g/mol. The smallest absolute Gasteiger partial charge is 0.237 e. The molecule has 29 heavy (non-hydrogen) atoms. The van der Waals surface area contributed by atoms with Crippen LogP contribution in [-0.2, 0) is 9.59 Å². The van der Waals surface area contributed by atoms with Gasteiger partial charge in [0, 0.05) is 23.4 Å². The lowest BCUT2D eigenvalue weighted by molar-refractivity contribution is -0.117. The van der Waals surface area contributed by atoms with Crippen molar-refractivity contribution >= 4 is 46.3 Å². The van der Waals surface area contributed by atoms with E-state index in [1.807, 2.05) is 36.6 Å². The van der Waals surface area contributed by atoms with Gasteiger partial charge in [0.1, 0.15) is 0 Å². The molecule has 4 rings (SSSR count). The number of benzene rings is 2. The van der Waals surface area contributed by atoms with Crippen LogP contribution in [0.2, 0.25) is 0 Å². The molecule has 2 aromatic carbocycles. The minimum Gasteiger partial charge on any atom is -0.324 e. The average Bonchev–Trinajstić information content (AvgIpc) is 3.12. The molecule has 2 amide bonds. The van der Waals surface area contributed by atoms with Crippen molar-refractivity contribution in [3.05, 3.63) is 59.5 Å². The average molecular weight is 424 g/mol. The van der Waals surface area contributed by atoms with Crippen LogP contribution in [0.5, 0.6) is 0 Å². The molecule has 0 saturated carbocycles. The number of thioether (sulfide) groups is 1. The summed E-state index contributed by atoms with van der Waals surface area (Å²) in [6, 6.07) is 15.5.